The van der Waals surface area contributed by atoms with Crippen LogP contribution in [0.2, 0.25) is 0 Å². The lowest BCUT2D eigenvalue weighted by atomic mass is 10.1. The Balaban J connectivity index is 2.13. The van der Waals surface area contributed by atoms with Gasteiger partial charge in [0.05, 0.1) is 17.5 Å². The van der Waals surface area contributed by atoms with Crippen LogP contribution in [-0.4, -0.2) is 43.1 Å². The molecule has 0 radical (unpaired) electrons. The first-order valence-electron chi connectivity index (χ1n) is 6.56. The molecule has 0 aromatic heterocycles. The molecule has 1 heterocycles. The second-order valence-corrected chi connectivity index (χ2v) is 6.65. The maximum atomic E-state index is 12.1. The second-order valence-electron chi connectivity index (χ2n) is 4.88. The molecule has 1 aliphatic heterocycles. The van der Waals surface area contributed by atoms with Crippen molar-refractivity contribution in [2.45, 2.75) is 25.4 Å². The van der Waals surface area contributed by atoms with Crippen molar-refractivity contribution in [2.75, 3.05) is 17.1 Å². The highest BCUT2D eigenvalue weighted by Crippen LogP contribution is 2.28. The minimum Gasteiger partial charge on any atom is -0.505 e. The lowest BCUT2D eigenvalue weighted by molar-refractivity contribution is 0.0306. The zero-order valence-corrected chi connectivity index (χ0v) is 12.1. The van der Waals surface area contributed by atoms with E-state index in [9.17, 15) is 18.3 Å². The van der Waals surface area contributed by atoms with Crippen molar-refractivity contribution in [3.05, 3.63) is 23.8 Å². The lowest BCUT2D eigenvalue weighted by Crippen LogP contribution is -2.31. The van der Waals surface area contributed by atoms with Crippen molar-refractivity contribution in [3.63, 3.8) is 0 Å². The zero-order chi connectivity index (χ0) is 15.5. The Morgan fingerprint density at radius 3 is 2.76 bits per heavy atom. The lowest BCUT2D eigenvalue weighted by Gasteiger charge is -2.22. The van der Waals surface area contributed by atoms with E-state index in [1.54, 1.807) is 0 Å². The summed E-state index contributed by atoms with van der Waals surface area (Å²) >= 11 is 0. The molecular formula is C13H17NO6S. The number of phenols is 1. The maximum absolute atomic E-state index is 12.1. The highest BCUT2D eigenvalue weighted by atomic mass is 32.2. The van der Waals surface area contributed by atoms with Gasteiger partial charge in [-0.2, -0.15) is 0 Å². The topological polar surface area (TPSA) is 113 Å². The molecule has 0 aliphatic carbocycles. The largest absolute Gasteiger partial charge is 0.505 e. The average Bonchev–Trinajstić information content (AvgIpc) is 2.41. The Morgan fingerprint density at radius 1 is 1.38 bits per heavy atom. The summed E-state index contributed by atoms with van der Waals surface area (Å²) < 4.78 is 31.7. The van der Waals surface area contributed by atoms with E-state index in [1.165, 1.54) is 18.2 Å². The molecule has 1 unspecified atom stereocenters. The first-order valence-corrected chi connectivity index (χ1v) is 8.21. The molecule has 1 saturated heterocycles. The van der Waals surface area contributed by atoms with E-state index < -0.39 is 21.7 Å². The number of anilines is 1. The van der Waals surface area contributed by atoms with Gasteiger partial charge in [0.1, 0.15) is 5.56 Å². The molecule has 1 atom stereocenters. The van der Waals surface area contributed by atoms with Gasteiger partial charge in [0.25, 0.3) is 0 Å². The van der Waals surface area contributed by atoms with Crippen LogP contribution in [0.5, 0.6) is 5.75 Å². The van der Waals surface area contributed by atoms with Crippen LogP contribution in [0.25, 0.3) is 0 Å². The Morgan fingerprint density at radius 2 is 2.14 bits per heavy atom. The van der Waals surface area contributed by atoms with Crippen LogP contribution in [0.1, 0.15) is 29.6 Å². The fourth-order valence-corrected chi connectivity index (χ4v) is 3.53. The van der Waals surface area contributed by atoms with Crippen LogP contribution < -0.4 is 4.72 Å². The number of para-hydroxylation sites is 1. The van der Waals surface area contributed by atoms with Gasteiger partial charge in [0, 0.05) is 6.61 Å². The third kappa shape index (κ3) is 4.08. The quantitative estimate of drug-likeness (QED) is 0.708. The van der Waals surface area contributed by atoms with E-state index in [0.29, 0.717) is 13.0 Å². The Kier molecular flexibility index (Phi) is 4.69. The summed E-state index contributed by atoms with van der Waals surface area (Å²) in [6.07, 6.45) is 2.13. The molecule has 21 heavy (non-hydrogen) atoms. The third-order valence-electron chi connectivity index (χ3n) is 3.21. The molecule has 0 spiro atoms. The summed E-state index contributed by atoms with van der Waals surface area (Å²) in [6.45, 7) is 0.542. The summed E-state index contributed by atoms with van der Waals surface area (Å²) in [6, 6.07) is 3.86. The average molecular weight is 315 g/mol. The highest BCUT2D eigenvalue weighted by Gasteiger charge is 2.23. The standard InChI is InChI=1S/C13H17NO6S/c15-12-10(13(16)17)5-3-6-11(12)14-21(18,19)8-9-4-1-2-7-20-9/h3,5-6,9,14-15H,1-2,4,7-8H2,(H,16,17). The molecule has 0 bridgehead atoms. The van der Waals surface area contributed by atoms with Gasteiger partial charge in [-0.25, -0.2) is 13.2 Å². The number of rotatable bonds is 5. The van der Waals surface area contributed by atoms with Crippen LogP contribution in [0.4, 0.5) is 5.69 Å². The fraction of sp³-hybridized carbons (Fsp3) is 0.462. The molecular weight excluding hydrogens is 298 g/mol. The SMILES string of the molecule is O=C(O)c1cccc(NS(=O)(=O)CC2CCCCO2)c1O. The number of ether oxygens (including phenoxy) is 1. The van der Waals surface area contributed by atoms with Crippen molar-refractivity contribution in [3.8, 4) is 5.75 Å². The van der Waals surface area contributed by atoms with E-state index in [2.05, 4.69) is 4.72 Å². The van der Waals surface area contributed by atoms with E-state index in [-0.39, 0.29) is 23.1 Å². The summed E-state index contributed by atoms with van der Waals surface area (Å²) in [4.78, 5) is 10.9. The van der Waals surface area contributed by atoms with Gasteiger partial charge in [-0.1, -0.05) is 6.07 Å². The molecule has 0 saturated carbocycles. The maximum Gasteiger partial charge on any atom is 0.339 e. The summed E-state index contributed by atoms with van der Waals surface area (Å²) in [5.74, 6) is -2.15. The summed E-state index contributed by atoms with van der Waals surface area (Å²) in [5, 5.41) is 18.7. The van der Waals surface area contributed by atoms with Crippen molar-refractivity contribution < 1.29 is 28.2 Å². The van der Waals surface area contributed by atoms with Crippen LogP contribution in [0, 0.1) is 0 Å². The normalized spacial score (nSPS) is 19.1. The van der Waals surface area contributed by atoms with Gasteiger partial charge < -0.3 is 14.9 Å². The minimum atomic E-state index is -3.73. The van der Waals surface area contributed by atoms with Gasteiger partial charge in [-0.15, -0.1) is 0 Å². The van der Waals surface area contributed by atoms with Gasteiger partial charge in [-0.05, 0) is 31.4 Å². The molecule has 1 aromatic carbocycles. The van der Waals surface area contributed by atoms with Crippen LogP contribution in [-0.2, 0) is 14.8 Å². The molecule has 116 valence electrons. The van der Waals surface area contributed by atoms with E-state index in [0.717, 1.165) is 12.8 Å². The molecule has 1 fully saturated rings. The van der Waals surface area contributed by atoms with E-state index in [1.807, 2.05) is 0 Å². The predicted octanol–water partition coefficient (Wildman–Crippen LogP) is 1.40. The van der Waals surface area contributed by atoms with Gasteiger partial charge in [-0.3, -0.25) is 4.72 Å². The molecule has 1 aromatic rings. The Labute approximate surface area is 122 Å². The Hall–Kier alpha value is -1.80. The molecule has 1 aliphatic rings. The number of aromatic hydroxyl groups is 1. The predicted molar refractivity (Wildman–Crippen MR) is 76.1 cm³/mol. The number of aromatic carboxylic acids is 1. The monoisotopic (exact) mass is 315 g/mol. The number of hydrogen-bond donors (Lipinski definition) is 3. The number of carboxylic acid groups (broad SMARTS) is 1. The van der Waals surface area contributed by atoms with E-state index >= 15 is 0 Å². The molecule has 3 N–H and O–H groups in total. The van der Waals surface area contributed by atoms with Gasteiger partial charge in [0.15, 0.2) is 5.75 Å². The van der Waals surface area contributed by atoms with Crippen molar-refractivity contribution >= 4 is 21.7 Å². The Bertz CT molecular complexity index is 622. The number of sulfonamides is 1. The van der Waals surface area contributed by atoms with Gasteiger partial charge in [0.2, 0.25) is 10.0 Å². The zero-order valence-electron chi connectivity index (χ0n) is 11.3. The van der Waals surface area contributed by atoms with Crippen molar-refractivity contribution in [1.82, 2.24) is 0 Å². The van der Waals surface area contributed by atoms with Crippen LogP contribution >= 0.6 is 0 Å². The fourth-order valence-electron chi connectivity index (χ4n) is 2.19. The number of hydrogen-bond acceptors (Lipinski definition) is 5. The van der Waals surface area contributed by atoms with Crippen molar-refractivity contribution in [2.24, 2.45) is 0 Å². The molecule has 7 nitrogen and oxygen atoms in total. The molecule has 2 rings (SSSR count). The smallest absolute Gasteiger partial charge is 0.339 e. The number of nitrogens with one attached hydrogen (secondary N) is 1. The van der Waals surface area contributed by atoms with Gasteiger partial charge >= 0.3 is 5.97 Å². The highest BCUT2D eigenvalue weighted by molar-refractivity contribution is 7.92. The summed E-state index contributed by atoms with van der Waals surface area (Å²) in [7, 11) is -3.73. The third-order valence-corrected chi connectivity index (χ3v) is 4.55. The summed E-state index contributed by atoms with van der Waals surface area (Å²) in [5.41, 5.74) is -0.505. The molecule has 0 amide bonds. The number of carbonyl (C=O) groups is 1. The number of benzene rings is 1. The van der Waals surface area contributed by atoms with Crippen LogP contribution in [0.15, 0.2) is 18.2 Å². The first kappa shape index (κ1) is 15.6. The first-order chi connectivity index (χ1) is 9.89. The van der Waals surface area contributed by atoms with Crippen LogP contribution in [0.3, 0.4) is 0 Å². The van der Waals surface area contributed by atoms with Crippen molar-refractivity contribution in [1.29, 1.82) is 0 Å². The minimum absolute atomic E-state index is 0.147. The second kappa shape index (κ2) is 6.31. The number of carboxylic acids is 1. The van der Waals surface area contributed by atoms with E-state index in [4.69, 9.17) is 9.84 Å². The molecule has 8 heteroatoms.